The minimum absolute atomic E-state index is 0.101. The fourth-order valence-electron chi connectivity index (χ4n) is 2.13. The third-order valence-corrected chi connectivity index (χ3v) is 3.13. The molecule has 0 saturated heterocycles. The normalized spacial score (nSPS) is 12.7. The number of phenols is 1. The number of fused-ring (bicyclic) bond motifs is 1. The molecule has 0 saturated carbocycles. The molecule has 0 atom stereocenters. The van der Waals surface area contributed by atoms with Gasteiger partial charge in [-0.2, -0.15) is 0 Å². The number of benzene rings is 2. The molecule has 1 heterocycles. The lowest BCUT2D eigenvalue weighted by atomic mass is 10.0. The van der Waals surface area contributed by atoms with Gasteiger partial charge in [-0.05, 0) is 48.2 Å². The Morgan fingerprint density at radius 3 is 2.53 bits per heavy atom. The molecule has 0 amide bonds. The number of aryl methyl sites for hydroxylation is 2. The maximum absolute atomic E-state index is 12.8. The quantitative estimate of drug-likeness (QED) is 0.921. The molecular weight excluding hydrogens is 247 g/mol. The maximum Gasteiger partial charge on any atom is 0.231 e. The first kappa shape index (κ1) is 11.8. The van der Waals surface area contributed by atoms with Crippen molar-refractivity contribution in [1.29, 1.82) is 0 Å². The van der Waals surface area contributed by atoms with Crippen molar-refractivity contribution in [3.05, 3.63) is 53.3 Å². The van der Waals surface area contributed by atoms with Crippen molar-refractivity contribution in [2.24, 2.45) is 0 Å². The van der Waals surface area contributed by atoms with Crippen molar-refractivity contribution in [1.82, 2.24) is 0 Å². The van der Waals surface area contributed by atoms with Gasteiger partial charge in [0.15, 0.2) is 11.5 Å². The van der Waals surface area contributed by atoms with Crippen LogP contribution in [0.5, 0.6) is 17.2 Å². The van der Waals surface area contributed by atoms with Crippen LogP contribution in [0.2, 0.25) is 0 Å². The van der Waals surface area contributed by atoms with E-state index in [1.54, 1.807) is 18.2 Å². The van der Waals surface area contributed by atoms with E-state index in [1.807, 2.05) is 6.07 Å². The second-order valence-electron chi connectivity index (χ2n) is 4.48. The van der Waals surface area contributed by atoms with Gasteiger partial charge in [-0.15, -0.1) is 0 Å². The van der Waals surface area contributed by atoms with Gasteiger partial charge in [-0.3, -0.25) is 0 Å². The Bertz CT molecular complexity index is 593. The Morgan fingerprint density at radius 1 is 1.00 bits per heavy atom. The average molecular weight is 260 g/mol. The number of hydrogen-bond donors (Lipinski definition) is 1. The summed E-state index contributed by atoms with van der Waals surface area (Å²) < 4.78 is 23.2. The maximum atomic E-state index is 12.8. The highest BCUT2D eigenvalue weighted by Crippen LogP contribution is 2.41. The molecule has 98 valence electrons. The topological polar surface area (TPSA) is 38.7 Å². The molecule has 0 unspecified atom stereocenters. The molecule has 0 fully saturated rings. The SMILES string of the molecule is Oc1cc(CCc2ccc(F)cc2)cc2c1OCO2. The first-order valence-electron chi connectivity index (χ1n) is 6.08. The minimum atomic E-state index is -0.232. The minimum Gasteiger partial charge on any atom is -0.504 e. The predicted molar refractivity (Wildman–Crippen MR) is 68.0 cm³/mol. The Kier molecular flexibility index (Phi) is 2.99. The molecule has 3 rings (SSSR count). The number of hydrogen-bond acceptors (Lipinski definition) is 3. The standard InChI is InChI=1S/C15H13FO3/c16-12-5-3-10(4-6-12)1-2-11-7-13(17)15-14(8-11)18-9-19-15/h3-8,17H,1-2,9H2. The van der Waals surface area contributed by atoms with E-state index in [4.69, 9.17) is 9.47 Å². The van der Waals surface area contributed by atoms with Gasteiger partial charge in [0.1, 0.15) is 5.82 Å². The zero-order valence-electron chi connectivity index (χ0n) is 10.2. The van der Waals surface area contributed by atoms with Crippen LogP contribution in [-0.2, 0) is 12.8 Å². The summed E-state index contributed by atoms with van der Waals surface area (Å²) in [7, 11) is 0. The largest absolute Gasteiger partial charge is 0.504 e. The third kappa shape index (κ3) is 2.47. The fraction of sp³-hybridized carbons (Fsp3) is 0.200. The first-order chi connectivity index (χ1) is 9.22. The molecule has 1 aliphatic heterocycles. The monoisotopic (exact) mass is 260 g/mol. The van der Waals surface area contributed by atoms with Crippen molar-refractivity contribution >= 4 is 0 Å². The van der Waals surface area contributed by atoms with Crippen molar-refractivity contribution in [2.45, 2.75) is 12.8 Å². The summed E-state index contributed by atoms with van der Waals surface area (Å²) in [5.41, 5.74) is 2.02. The summed E-state index contributed by atoms with van der Waals surface area (Å²) in [4.78, 5) is 0. The van der Waals surface area contributed by atoms with Gasteiger partial charge < -0.3 is 14.6 Å². The second kappa shape index (κ2) is 4.80. The summed E-state index contributed by atoms with van der Waals surface area (Å²) in [5.74, 6) is 0.855. The Labute approximate surface area is 110 Å². The van der Waals surface area contributed by atoms with Gasteiger partial charge in [0.25, 0.3) is 0 Å². The molecule has 1 N–H and O–H groups in total. The summed E-state index contributed by atoms with van der Waals surface area (Å²) in [6.45, 7) is 0.143. The molecule has 0 aliphatic carbocycles. The van der Waals surface area contributed by atoms with Crippen LogP contribution >= 0.6 is 0 Å². The van der Waals surface area contributed by atoms with E-state index >= 15 is 0 Å². The molecular formula is C15H13FO3. The molecule has 4 heteroatoms. The lowest BCUT2D eigenvalue weighted by molar-refractivity contribution is 0.171. The Morgan fingerprint density at radius 2 is 1.74 bits per heavy atom. The Hall–Kier alpha value is -2.23. The van der Waals surface area contributed by atoms with Crippen LogP contribution in [0.25, 0.3) is 0 Å². The van der Waals surface area contributed by atoms with Crippen molar-refractivity contribution < 1.29 is 19.0 Å². The van der Waals surface area contributed by atoms with Crippen LogP contribution in [0, 0.1) is 5.82 Å². The van der Waals surface area contributed by atoms with E-state index in [0.29, 0.717) is 11.5 Å². The predicted octanol–water partition coefficient (Wildman–Crippen LogP) is 3.05. The van der Waals surface area contributed by atoms with Crippen LogP contribution in [-0.4, -0.2) is 11.9 Å². The molecule has 1 aliphatic rings. The zero-order valence-corrected chi connectivity index (χ0v) is 10.2. The number of rotatable bonds is 3. The zero-order chi connectivity index (χ0) is 13.2. The molecule has 0 spiro atoms. The van der Waals surface area contributed by atoms with Gasteiger partial charge >= 0.3 is 0 Å². The highest BCUT2D eigenvalue weighted by atomic mass is 19.1. The van der Waals surface area contributed by atoms with Crippen LogP contribution in [0.3, 0.4) is 0 Å². The number of ether oxygens (including phenoxy) is 2. The van der Waals surface area contributed by atoms with E-state index in [2.05, 4.69) is 0 Å². The Balaban J connectivity index is 1.73. The van der Waals surface area contributed by atoms with Gasteiger partial charge in [-0.1, -0.05) is 12.1 Å². The summed E-state index contributed by atoms with van der Waals surface area (Å²) in [5, 5.41) is 9.79. The van der Waals surface area contributed by atoms with Crippen LogP contribution < -0.4 is 9.47 Å². The number of phenolic OH excluding ortho intramolecular Hbond substituents is 1. The van der Waals surface area contributed by atoms with E-state index in [9.17, 15) is 9.50 Å². The van der Waals surface area contributed by atoms with Crippen LogP contribution in [0.1, 0.15) is 11.1 Å². The molecule has 0 radical (unpaired) electrons. The molecule has 3 nitrogen and oxygen atoms in total. The smallest absolute Gasteiger partial charge is 0.231 e. The molecule has 19 heavy (non-hydrogen) atoms. The van der Waals surface area contributed by atoms with E-state index in [0.717, 1.165) is 24.0 Å². The molecule has 0 bridgehead atoms. The lowest BCUT2D eigenvalue weighted by Gasteiger charge is -2.05. The fourth-order valence-corrected chi connectivity index (χ4v) is 2.13. The van der Waals surface area contributed by atoms with Crippen molar-refractivity contribution in [2.75, 3.05) is 6.79 Å². The van der Waals surface area contributed by atoms with Gasteiger partial charge in [0.05, 0.1) is 0 Å². The van der Waals surface area contributed by atoms with Gasteiger partial charge in [0, 0.05) is 0 Å². The van der Waals surface area contributed by atoms with E-state index in [1.165, 1.54) is 12.1 Å². The number of aromatic hydroxyl groups is 1. The third-order valence-electron chi connectivity index (χ3n) is 3.13. The van der Waals surface area contributed by atoms with Crippen LogP contribution in [0.4, 0.5) is 4.39 Å². The lowest BCUT2D eigenvalue weighted by Crippen LogP contribution is -1.93. The summed E-state index contributed by atoms with van der Waals surface area (Å²) in [6, 6.07) is 9.98. The van der Waals surface area contributed by atoms with E-state index in [-0.39, 0.29) is 18.4 Å². The van der Waals surface area contributed by atoms with E-state index < -0.39 is 0 Å². The second-order valence-corrected chi connectivity index (χ2v) is 4.48. The average Bonchev–Trinajstić information content (AvgIpc) is 2.87. The molecule has 2 aromatic carbocycles. The van der Waals surface area contributed by atoms with Crippen molar-refractivity contribution in [3.63, 3.8) is 0 Å². The molecule has 0 aromatic heterocycles. The van der Waals surface area contributed by atoms with Gasteiger partial charge in [0.2, 0.25) is 12.5 Å². The van der Waals surface area contributed by atoms with Crippen molar-refractivity contribution in [3.8, 4) is 17.2 Å². The first-order valence-corrected chi connectivity index (χ1v) is 6.08. The number of halogens is 1. The highest BCUT2D eigenvalue weighted by Gasteiger charge is 2.18. The molecule has 2 aromatic rings. The van der Waals surface area contributed by atoms with Gasteiger partial charge in [-0.25, -0.2) is 4.39 Å². The summed E-state index contributed by atoms with van der Waals surface area (Å²) in [6.07, 6.45) is 1.52. The summed E-state index contributed by atoms with van der Waals surface area (Å²) >= 11 is 0. The highest BCUT2D eigenvalue weighted by molar-refractivity contribution is 5.54. The van der Waals surface area contributed by atoms with Crippen LogP contribution in [0.15, 0.2) is 36.4 Å².